The van der Waals surface area contributed by atoms with E-state index in [9.17, 15) is 14.4 Å². The maximum absolute atomic E-state index is 13.1. The molecule has 0 atom stereocenters. The summed E-state index contributed by atoms with van der Waals surface area (Å²) in [5.74, 6) is 0.517. The molecule has 0 unspecified atom stereocenters. The summed E-state index contributed by atoms with van der Waals surface area (Å²) in [6.45, 7) is 6.44. The zero-order chi connectivity index (χ0) is 22.7. The largest absolute Gasteiger partial charge is 0.339 e. The van der Waals surface area contributed by atoms with Gasteiger partial charge in [-0.1, -0.05) is 38.8 Å². The van der Waals surface area contributed by atoms with Gasteiger partial charge in [0.05, 0.1) is 5.56 Å². The van der Waals surface area contributed by atoms with Crippen LogP contribution in [-0.4, -0.2) is 53.7 Å². The molecule has 1 aliphatic carbocycles. The highest BCUT2D eigenvalue weighted by Gasteiger charge is 2.31. The summed E-state index contributed by atoms with van der Waals surface area (Å²) in [5, 5.41) is 5.30. The Kier molecular flexibility index (Phi) is 6.94. The van der Waals surface area contributed by atoms with Crippen LogP contribution in [0.3, 0.4) is 0 Å². The van der Waals surface area contributed by atoms with Crippen molar-refractivity contribution in [1.29, 1.82) is 0 Å². The molecule has 7 heteroatoms. The van der Waals surface area contributed by atoms with Gasteiger partial charge < -0.3 is 15.1 Å². The second-order valence-electron chi connectivity index (χ2n) is 8.99. The van der Waals surface area contributed by atoms with Crippen molar-refractivity contribution in [2.75, 3.05) is 31.5 Å². The Morgan fingerprint density at radius 2 is 1.56 bits per heavy atom. The van der Waals surface area contributed by atoms with Crippen LogP contribution in [0.15, 0.2) is 35.7 Å². The fourth-order valence-electron chi connectivity index (χ4n) is 4.50. The number of carbonyl (C=O) groups excluding carboxylic acids is 3. The maximum Gasteiger partial charge on any atom is 0.256 e. The summed E-state index contributed by atoms with van der Waals surface area (Å²) in [4.78, 5) is 42.2. The Morgan fingerprint density at radius 1 is 0.938 bits per heavy atom. The molecule has 2 aliphatic rings. The van der Waals surface area contributed by atoms with Crippen LogP contribution in [0.2, 0.25) is 0 Å². The van der Waals surface area contributed by atoms with E-state index in [2.05, 4.69) is 19.2 Å². The molecule has 1 N–H and O–H groups in total. The summed E-state index contributed by atoms with van der Waals surface area (Å²) >= 11 is 1.35. The molecule has 2 aromatic rings. The predicted molar refractivity (Wildman–Crippen MR) is 127 cm³/mol. The molecule has 2 heterocycles. The summed E-state index contributed by atoms with van der Waals surface area (Å²) in [7, 11) is 0. The topological polar surface area (TPSA) is 69.7 Å². The van der Waals surface area contributed by atoms with E-state index in [1.165, 1.54) is 16.9 Å². The molecule has 1 saturated heterocycles. The molecule has 0 radical (unpaired) electrons. The first-order valence-corrected chi connectivity index (χ1v) is 12.4. The number of anilines is 1. The molecule has 170 valence electrons. The molecule has 0 bridgehead atoms. The number of rotatable bonds is 5. The Labute approximate surface area is 193 Å². The van der Waals surface area contributed by atoms with Crippen LogP contribution in [0.5, 0.6) is 0 Å². The molecule has 1 aromatic heterocycles. The van der Waals surface area contributed by atoms with Gasteiger partial charge >= 0.3 is 0 Å². The summed E-state index contributed by atoms with van der Waals surface area (Å²) in [6.07, 6.45) is 4.28. The minimum Gasteiger partial charge on any atom is -0.339 e. The maximum atomic E-state index is 13.1. The van der Waals surface area contributed by atoms with Crippen molar-refractivity contribution < 1.29 is 14.4 Å². The number of hydrogen-bond donors (Lipinski definition) is 1. The molecule has 2 fully saturated rings. The quantitative estimate of drug-likeness (QED) is 0.719. The van der Waals surface area contributed by atoms with E-state index in [-0.39, 0.29) is 23.6 Å². The van der Waals surface area contributed by atoms with Gasteiger partial charge in [0.15, 0.2) is 0 Å². The van der Waals surface area contributed by atoms with E-state index < -0.39 is 0 Å². The lowest BCUT2D eigenvalue weighted by atomic mass is 10.0. The standard InChI is InChI=1S/C25H31N3O3S/c1-17(2)18-7-9-19(10-8-18)22(29)26-23-21(11-16-32-23)25(31)28-14-12-27(13-15-28)24(30)20-5-3-4-6-20/h7-11,16-17,20H,3-6,12-15H2,1-2H3,(H,26,29). The number of carbonyl (C=O) groups is 3. The number of nitrogens with zero attached hydrogens (tertiary/aromatic N) is 2. The Hall–Kier alpha value is -2.67. The van der Waals surface area contributed by atoms with Gasteiger partial charge in [-0.25, -0.2) is 0 Å². The highest BCUT2D eigenvalue weighted by Crippen LogP contribution is 2.28. The number of nitrogens with one attached hydrogen (secondary N) is 1. The van der Waals surface area contributed by atoms with E-state index in [1.807, 2.05) is 34.5 Å². The van der Waals surface area contributed by atoms with Crippen LogP contribution in [-0.2, 0) is 4.79 Å². The molecule has 1 aliphatic heterocycles. The molecular formula is C25H31N3O3S. The van der Waals surface area contributed by atoms with Crippen molar-refractivity contribution in [2.45, 2.75) is 45.4 Å². The van der Waals surface area contributed by atoms with Crippen LogP contribution in [0.1, 0.15) is 71.7 Å². The highest BCUT2D eigenvalue weighted by atomic mass is 32.1. The smallest absolute Gasteiger partial charge is 0.256 e. The first kappa shape index (κ1) is 22.5. The van der Waals surface area contributed by atoms with Crippen LogP contribution in [0, 0.1) is 5.92 Å². The first-order chi connectivity index (χ1) is 15.4. The third kappa shape index (κ3) is 4.88. The number of thiophene rings is 1. The summed E-state index contributed by atoms with van der Waals surface area (Å²) in [6, 6.07) is 9.33. The molecule has 1 aromatic carbocycles. The molecule has 0 spiro atoms. The zero-order valence-corrected chi connectivity index (χ0v) is 19.6. The van der Waals surface area contributed by atoms with Gasteiger partial charge in [0.25, 0.3) is 11.8 Å². The minimum atomic E-state index is -0.219. The Bertz CT molecular complexity index is 969. The van der Waals surface area contributed by atoms with Gasteiger partial charge in [-0.05, 0) is 47.9 Å². The van der Waals surface area contributed by atoms with E-state index >= 15 is 0 Å². The number of benzene rings is 1. The van der Waals surface area contributed by atoms with Crippen LogP contribution in [0.4, 0.5) is 5.00 Å². The lowest BCUT2D eigenvalue weighted by molar-refractivity contribution is -0.136. The fraction of sp³-hybridized carbons (Fsp3) is 0.480. The SMILES string of the molecule is CC(C)c1ccc(C(=O)Nc2sccc2C(=O)N2CCN(C(=O)C3CCCC3)CC2)cc1. The van der Waals surface area contributed by atoms with Crippen molar-refractivity contribution in [3.8, 4) is 0 Å². The monoisotopic (exact) mass is 453 g/mol. The van der Waals surface area contributed by atoms with Gasteiger partial charge in [-0.2, -0.15) is 0 Å². The molecule has 32 heavy (non-hydrogen) atoms. The average Bonchev–Trinajstić information content (AvgIpc) is 3.51. The van der Waals surface area contributed by atoms with Crippen LogP contribution >= 0.6 is 11.3 Å². The van der Waals surface area contributed by atoms with Crippen molar-refractivity contribution in [1.82, 2.24) is 9.80 Å². The molecule has 4 rings (SSSR count). The minimum absolute atomic E-state index is 0.0929. The van der Waals surface area contributed by atoms with Crippen molar-refractivity contribution in [2.24, 2.45) is 5.92 Å². The Balaban J connectivity index is 1.36. The summed E-state index contributed by atoms with van der Waals surface area (Å²) in [5.41, 5.74) is 2.26. The lowest BCUT2D eigenvalue weighted by Gasteiger charge is -2.36. The van der Waals surface area contributed by atoms with Gasteiger partial charge in [0, 0.05) is 37.7 Å². The van der Waals surface area contributed by atoms with Crippen molar-refractivity contribution >= 4 is 34.1 Å². The van der Waals surface area contributed by atoms with Gasteiger partial charge in [0.2, 0.25) is 5.91 Å². The van der Waals surface area contributed by atoms with Crippen molar-refractivity contribution in [3.05, 3.63) is 52.4 Å². The molecule has 1 saturated carbocycles. The second-order valence-corrected chi connectivity index (χ2v) is 9.91. The van der Waals surface area contributed by atoms with Gasteiger partial charge in [-0.3, -0.25) is 14.4 Å². The molecule has 6 nitrogen and oxygen atoms in total. The van der Waals surface area contributed by atoms with Gasteiger partial charge in [-0.15, -0.1) is 11.3 Å². The number of hydrogen-bond acceptors (Lipinski definition) is 4. The fourth-order valence-corrected chi connectivity index (χ4v) is 5.27. The number of piperazine rings is 1. The van der Waals surface area contributed by atoms with E-state index in [0.29, 0.717) is 48.2 Å². The predicted octanol–water partition coefficient (Wildman–Crippen LogP) is 4.60. The third-order valence-corrected chi connectivity index (χ3v) is 7.38. The van der Waals surface area contributed by atoms with Gasteiger partial charge in [0.1, 0.15) is 5.00 Å². The van der Waals surface area contributed by atoms with E-state index in [4.69, 9.17) is 0 Å². The van der Waals surface area contributed by atoms with Crippen LogP contribution in [0.25, 0.3) is 0 Å². The zero-order valence-electron chi connectivity index (χ0n) is 18.8. The number of amides is 3. The van der Waals surface area contributed by atoms with Crippen LogP contribution < -0.4 is 5.32 Å². The van der Waals surface area contributed by atoms with Crippen molar-refractivity contribution in [3.63, 3.8) is 0 Å². The molecule has 3 amide bonds. The summed E-state index contributed by atoms with van der Waals surface area (Å²) < 4.78 is 0. The molecular weight excluding hydrogens is 422 g/mol. The second kappa shape index (κ2) is 9.86. The van der Waals surface area contributed by atoms with E-state index in [1.54, 1.807) is 11.0 Å². The average molecular weight is 454 g/mol. The lowest BCUT2D eigenvalue weighted by Crippen LogP contribution is -2.51. The Morgan fingerprint density at radius 3 is 2.19 bits per heavy atom. The van der Waals surface area contributed by atoms with E-state index in [0.717, 1.165) is 25.7 Å². The normalized spacial score (nSPS) is 17.1. The highest BCUT2D eigenvalue weighted by molar-refractivity contribution is 7.14. The first-order valence-electron chi connectivity index (χ1n) is 11.5. The third-order valence-electron chi connectivity index (χ3n) is 6.55.